The quantitative estimate of drug-likeness (QED) is 0.179. The molecule has 1 N–H and O–H groups in total. The van der Waals surface area contributed by atoms with E-state index in [-0.39, 0.29) is 30.5 Å². The average molecular weight is 621 g/mol. The van der Waals surface area contributed by atoms with Gasteiger partial charge in [0, 0.05) is 16.6 Å². The Hall–Kier alpha value is -5.09. The van der Waals surface area contributed by atoms with Crippen LogP contribution in [0.25, 0.3) is 11.3 Å². The van der Waals surface area contributed by atoms with Gasteiger partial charge in [-0.25, -0.2) is 4.98 Å². The lowest BCUT2D eigenvalue weighted by atomic mass is 9.86. The standard InChI is InChI=1S/C35H32N4O5S/c1-44-26-18-16-25(17-19-26)36-34(42)32(24-12-6-3-7-13-24)39(20-30-37-28(22-45-30)23-10-4-2-5-11-23)31(40)21-38-29-15-9-8-14-27(29)33(41)35(38)43/h2-6,8-11,14-19,22,24,32H,7,12-13,20-21H2,1H3,(H,36,42)/t24-,32-/m0/s1. The largest absolute Gasteiger partial charge is 0.497 e. The Morgan fingerprint density at radius 2 is 1.78 bits per heavy atom. The number of nitrogens with one attached hydrogen (secondary N) is 1. The van der Waals surface area contributed by atoms with Gasteiger partial charge in [0.1, 0.15) is 23.3 Å². The van der Waals surface area contributed by atoms with Crippen LogP contribution in [0.4, 0.5) is 11.4 Å². The van der Waals surface area contributed by atoms with E-state index in [4.69, 9.17) is 9.72 Å². The minimum atomic E-state index is -0.864. The Kier molecular flexibility index (Phi) is 8.84. The SMILES string of the molecule is COc1ccc(NC(=O)[C@H]([C@H]2CC=CCC2)N(Cc2nc(-c3ccccc3)cs2)C(=O)CN2C(=O)C(=O)c3ccccc32)cc1. The molecule has 0 saturated heterocycles. The van der Waals surface area contributed by atoms with Crippen molar-refractivity contribution in [3.8, 4) is 17.0 Å². The summed E-state index contributed by atoms with van der Waals surface area (Å²) in [6.07, 6.45) is 6.22. The van der Waals surface area contributed by atoms with Crippen molar-refractivity contribution in [2.24, 2.45) is 5.92 Å². The molecule has 2 atom stereocenters. The fraction of sp³-hybridized carbons (Fsp3) is 0.229. The van der Waals surface area contributed by atoms with Gasteiger partial charge in [0.25, 0.3) is 11.7 Å². The van der Waals surface area contributed by atoms with Crippen molar-refractivity contribution in [3.63, 3.8) is 0 Å². The van der Waals surface area contributed by atoms with E-state index in [1.807, 2.05) is 41.8 Å². The van der Waals surface area contributed by atoms with Crippen LogP contribution < -0.4 is 15.0 Å². The first-order chi connectivity index (χ1) is 21.9. The number of ether oxygens (including phenoxy) is 1. The van der Waals surface area contributed by atoms with E-state index in [0.717, 1.165) is 17.7 Å². The Morgan fingerprint density at radius 3 is 2.51 bits per heavy atom. The topological polar surface area (TPSA) is 109 Å². The molecule has 3 aromatic carbocycles. The normalized spacial score (nSPS) is 16.3. The fourth-order valence-electron chi connectivity index (χ4n) is 5.85. The maximum absolute atomic E-state index is 14.3. The maximum Gasteiger partial charge on any atom is 0.299 e. The van der Waals surface area contributed by atoms with Crippen LogP contribution in [0.5, 0.6) is 5.75 Å². The molecule has 4 aromatic rings. The summed E-state index contributed by atoms with van der Waals surface area (Å²) in [7, 11) is 1.57. The van der Waals surface area contributed by atoms with Crippen LogP contribution in [0.15, 0.2) is 96.4 Å². The summed E-state index contributed by atoms with van der Waals surface area (Å²) in [5, 5.41) is 5.59. The molecule has 228 valence electrons. The highest BCUT2D eigenvalue weighted by molar-refractivity contribution is 7.09. The van der Waals surface area contributed by atoms with Crippen molar-refractivity contribution in [3.05, 3.63) is 107 Å². The second kappa shape index (κ2) is 13.3. The first-order valence-corrected chi connectivity index (χ1v) is 15.7. The molecule has 3 amide bonds. The lowest BCUT2D eigenvalue weighted by molar-refractivity contribution is -0.140. The first-order valence-electron chi connectivity index (χ1n) is 14.8. The number of allylic oxidation sites excluding steroid dienone is 2. The van der Waals surface area contributed by atoms with Gasteiger partial charge in [0.2, 0.25) is 11.8 Å². The number of amides is 3. The Morgan fingerprint density at radius 1 is 1.02 bits per heavy atom. The predicted molar refractivity (Wildman–Crippen MR) is 173 cm³/mol. The van der Waals surface area contributed by atoms with Crippen LogP contribution in [-0.4, -0.2) is 53.1 Å². The van der Waals surface area contributed by atoms with E-state index < -0.39 is 23.6 Å². The zero-order valence-corrected chi connectivity index (χ0v) is 25.5. The highest BCUT2D eigenvalue weighted by Gasteiger charge is 2.41. The number of carbonyl (C=O) groups is 4. The molecule has 45 heavy (non-hydrogen) atoms. The molecule has 1 aromatic heterocycles. The van der Waals surface area contributed by atoms with E-state index in [1.165, 1.54) is 21.1 Å². The predicted octanol–water partition coefficient (Wildman–Crippen LogP) is 5.74. The fourth-order valence-corrected chi connectivity index (χ4v) is 6.65. The number of thiazole rings is 1. The van der Waals surface area contributed by atoms with Gasteiger partial charge in [-0.3, -0.25) is 24.1 Å². The Balaban J connectivity index is 1.35. The summed E-state index contributed by atoms with van der Waals surface area (Å²) in [6.45, 7) is -0.317. The summed E-state index contributed by atoms with van der Waals surface area (Å²) in [6, 6.07) is 22.5. The third-order valence-electron chi connectivity index (χ3n) is 8.14. The van der Waals surface area contributed by atoms with Crippen molar-refractivity contribution in [1.29, 1.82) is 0 Å². The highest BCUT2D eigenvalue weighted by atomic mass is 32.1. The van der Waals surface area contributed by atoms with Gasteiger partial charge in [-0.15, -0.1) is 11.3 Å². The number of anilines is 2. The maximum atomic E-state index is 14.3. The number of benzene rings is 3. The van der Waals surface area contributed by atoms with Crippen LogP contribution >= 0.6 is 11.3 Å². The number of Topliss-reactive ketones (excluding diaryl/α,β-unsaturated/α-hetero) is 1. The highest BCUT2D eigenvalue weighted by Crippen LogP contribution is 2.32. The Labute approximate surface area is 265 Å². The molecule has 10 heteroatoms. The van der Waals surface area contributed by atoms with E-state index in [1.54, 1.807) is 55.6 Å². The molecule has 0 saturated carbocycles. The van der Waals surface area contributed by atoms with Gasteiger partial charge < -0.3 is 15.0 Å². The van der Waals surface area contributed by atoms with E-state index >= 15 is 0 Å². The van der Waals surface area contributed by atoms with Crippen LogP contribution in [-0.2, 0) is 20.9 Å². The van der Waals surface area contributed by atoms with Crippen molar-refractivity contribution < 1.29 is 23.9 Å². The van der Waals surface area contributed by atoms with Crippen LogP contribution in [0.2, 0.25) is 0 Å². The van der Waals surface area contributed by atoms with Gasteiger partial charge in [-0.05, 0) is 61.6 Å². The minimum Gasteiger partial charge on any atom is -0.497 e. The second-order valence-electron chi connectivity index (χ2n) is 11.0. The lowest BCUT2D eigenvalue weighted by Gasteiger charge is -2.37. The average Bonchev–Trinajstić information content (AvgIpc) is 3.64. The van der Waals surface area contributed by atoms with Crippen LogP contribution in [0.1, 0.15) is 34.6 Å². The summed E-state index contributed by atoms with van der Waals surface area (Å²) in [5.41, 5.74) is 2.94. The summed E-state index contributed by atoms with van der Waals surface area (Å²) < 4.78 is 5.26. The molecule has 1 aliphatic heterocycles. The lowest BCUT2D eigenvalue weighted by Crippen LogP contribution is -2.54. The number of carbonyl (C=O) groups excluding carboxylic acids is 4. The van der Waals surface area contributed by atoms with E-state index in [9.17, 15) is 19.2 Å². The first kappa shape index (κ1) is 30.0. The second-order valence-corrected chi connectivity index (χ2v) is 11.9. The summed E-state index contributed by atoms with van der Waals surface area (Å²) in [4.78, 5) is 61.8. The molecule has 9 nitrogen and oxygen atoms in total. The molecule has 0 radical (unpaired) electrons. The third kappa shape index (κ3) is 6.41. The van der Waals surface area contributed by atoms with Gasteiger partial charge in [0.05, 0.1) is 30.6 Å². The molecule has 0 fully saturated rings. The van der Waals surface area contributed by atoms with Crippen molar-refractivity contribution in [2.75, 3.05) is 23.9 Å². The molecule has 1 aliphatic carbocycles. The zero-order valence-electron chi connectivity index (χ0n) is 24.7. The van der Waals surface area contributed by atoms with Gasteiger partial charge in [-0.1, -0.05) is 54.6 Å². The monoisotopic (exact) mass is 620 g/mol. The number of hydrogen-bond acceptors (Lipinski definition) is 7. The third-order valence-corrected chi connectivity index (χ3v) is 8.97. The van der Waals surface area contributed by atoms with Crippen molar-refractivity contribution >= 4 is 46.2 Å². The number of hydrogen-bond donors (Lipinski definition) is 1. The van der Waals surface area contributed by atoms with E-state index in [2.05, 4.69) is 11.4 Å². The molecule has 2 heterocycles. The molecule has 0 spiro atoms. The van der Waals surface area contributed by atoms with Crippen LogP contribution in [0, 0.1) is 5.92 Å². The number of fused-ring (bicyclic) bond motifs is 1. The number of ketones is 1. The minimum absolute atomic E-state index is 0.0644. The number of rotatable bonds is 10. The van der Waals surface area contributed by atoms with Crippen molar-refractivity contribution in [1.82, 2.24) is 9.88 Å². The molecular weight excluding hydrogens is 588 g/mol. The molecule has 0 unspecified atom stereocenters. The zero-order chi connectivity index (χ0) is 31.3. The number of para-hydroxylation sites is 1. The summed E-state index contributed by atoms with van der Waals surface area (Å²) >= 11 is 1.41. The molecular formula is C35H32N4O5S. The van der Waals surface area contributed by atoms with Gasteiger partial charge in [-0.2, -0.15) is 0 Å². The van der Waals surface area contributed by atoms with Gasteiger partial charge >= 0.3 is 0 Å². The number of aromatic nitrogens is 1. The molecule has 2 aliphatic rings. The smallest absolute Gasteiger partial charge is 0.299 e. The molecule has 0 bridgehead atoms. The number of methoxy groups -OCH3 is 1. The van der Waals surface area contributed by atoms with Crippen LogP contribution in [0.3, 0.4) is 0 Å². The summed E-state index contributed by atoms with van der Waals surface area (Å²) in [5.74, 6) is -1.71. The number of nitrogens with zero attached hydrogens (tertiary/aromatic N) is 3. The van der Waals surface area contributed by atoms with Gasteiger partial charge in [0.15, 0.2) is 0 Å². The molecule has 6 rings (SSSR count). The van der Waals surface area contributed by atoms with Crippen molar-refractivity contribution in [2.45, 2.75) is 31.8 Å². The van der Waals surface area contributed by atoms with E-state index in [0.29, 0.717) is 35.0 Å². The Bertz CT molecular complexity index is 1750.